The van der Waals surface area contributed by atoms with Crippen molar-refractivity contribution in [3.8, 4) is 11.4 Å². The van der Waals surface area contributed by atoms with E-state index in [0.29, 0.717) is 36.1 Å². The fourth-order valence-corrected chi connectivity index (χ4v) is 3.38. The van der Waals surface area contributed by atoms with Crippen molar-refractivity contribution in [2.45, 2.75) is 19.3 Å². The summed E-state index contributed by atoms with van der Waals surface area (Å²) in [5, 5.41) is 4.64. The second-order valence-corrected chi connectivity index (χ2v) is 7.14. The van der Waals surface area contributed by atoms with E-state index >= 15 is 0 Å². The Balaban J connectivity index is 1.32. The molecule has 142 valence electrons. The Labute approximate surface area is 168 Å². The van der Waals surface area contributed by atoms with Crippen LogP contribution in [-0.4, -0.2) is 34.0 Å². The Hall–Kier alpha value is -2.92. The number of carbonyl (C=O) groups excluding carboxylic acids is 1. The van der Waals surface area contributed by atoms with E-state index in [1.807, 2.05) is 35.2 Å². The molecule has 2 aromatic carbocycles. The molecule has 0 radical (unpaired) electrons. The van der Waals surface area contributed by atoms with Gasteiger partial charge in [0.1, 0.15) is 0 Å². The fourth-order valence-electron chi connectivity index (χ4n) is 3.25. The lowest BCUT2D eigenvalue weighted by atomic mass is 9.99. The molecular formula is C22H20ClN3O2. The van der Waals surface area contributed by atoms with Crippen LogP contribution in [0.15, 0.2) is 65.2 Å². The van der Waals surface area contributed by atoms with Crippen molar-refractivity contribution in [2.75, 3.05) is 13.1 Å². The highest BCUT2D eigenvalue weighted by atomic mass is 35.5. The van der Waals surface area contributed by atoms with E-state index in [2.05, 4.69) is 28.3 Å². The van der Waals surface area contributed by atoms with Gasteiger partial charge in [-0.05, 0) is 41.8 Å². The summed E-state index contributed by atoms with van der Waals surface area (Å²) in [5.41, 5.74) is 3.37. The van der Waals surface area contributed by atoms with Gasteiger partial charge in [-0.25, -0.2) is 0 Å². The standard InChI is InChI=1S/C22H20ClN3O2/c23-19-8-6-18(7-9-19)22-24-20(28-25-22)10-11-21(27)26-14-12-17(13-15-26)16-4-2-1-3-5-16/h1-9,12H,10-11,13-15H2. The summed E-state index contributed by atoms with van der Waals surface area (Å²) >= 11 is 5.90. The van der Waals surface area contributed by atoms with Crippen molar-refractivity contribution >= 4 is 23.1 Å². The van der Waals surface area contributed by atoms with Gasteiger partial charge in [-0.1, -0.05) is 53.2 Å². The second kappa shape index (κ2) is 8.40. The molecule has 4 rings (SSSR count). The monoisotopic (exact) mass is 393 g/mol. The molecule has 1 aliphatic rings. The first-order chi connectivity index (χ1) is 13.7. The van der Waals surface area contributed by atoms with Crippen molar-refractivity contribution in [2.24, 2.45) is 0 Å². The van der Waals surface area contributed by atoms with Crippen LogP contribution in [0, 0.1) is 0 Å². The molecule has 0 aliphatic carbocycles. The summed E-state index contributed by atoms with van der Waals surface area (Å²) in [7, 11) is 0. The quantitative estimate of drug-likeness (QED) is 0.633. The third kappa shape index (κ3) is 4.31. The van der Waals surface area contributed by atoms with Crippen LogP contribution in [0.1, 0.15) is 24.3 Å². The van der Waals surface area contributed by atoms with Crippen molar-refractivity contribution in [3.63, 3.8) is 0 Å². The topological polar surface area (TPSA) is 59.2 Å². The van der Waals surface area contributed by atoms with Crippen LogP contribution in [-0.2, 0) is 11.2 Å². The number of hydrogen-bond acceptors (Lipinski definition) is 4. The van der Waals surface area contributed by atoms with Gasteiger partial charge in [-0.15, -0.1) is 0 Å². The van der Waals surface area contributed by atoms with Crippen LogP contribution in [0.3, 0.4) is 0 Å². The van der Waals surface area contributed by atoms with Gasteiger partial charge >= 0.3 is 0 Å². The average molecular weight is 394 g/mol. The lowest BCUT2D eigenvalue weighted by Gasteiger charge is -2.26. The zero-order valence-corrected chi connectivity index (χ0v) is 16.1. The number of rotatable bonds is 5. The Morgan fingerprint density at radius 1 is 1.07 bits per heavy atom. The number of amides is 1. The Morgan fingerprint density at radius 2 is 1.86 bits per heavy atom. The molecule has 3 aromatic rings. The maximum Gasteiger partial charge on any atom is 0.227 e. The first kappa shape index (κ1) is 18.4. The van der Waals surface area contributed by atoms with E-state index in [1.54, 1.807) is 12.1 Å². The summed E-state index contributed by atoms with van der Waals surface area (Å²) in [5.74, 6) is 1.08. The molecule has 0 spiro atoms. The van der Waals surface area contributed by atoms with Gasteiger partial charge in [-0.3, -0.25) is 4.79 Å². The highest BCUT2D eigenvalue weighted by Gasteiger charge is 2.19. The van der Waals surface area contributed by atoms with Crippen molar-refractivity contribution < 1.29 is 9.32 Å². The molecule has 2 heterocycles. The molecule has 1 aromatic heterocycles. The number of nitrogens with zero attached hydrogens (tertiary/aromatic N) is 3. The zero-order valence-electron chi connectivity index (χ0n) is 15.3. The van der Waals surface area contributed by atoms with E-state index in [0.717, 1.165) is 18.5 Å². The molecule has 5 nitrogen and oxygen atoms in total. The van der Waals surface area contributed by atoms with Gasteiger partial charge in [0.25, 0.3) is 0 Å². The number of carbonyl (C=O) groups is 1. The Bertz CT molecular complexity index is 981. The SMILES string of the molecule is O=C(CCc1nc(-c2ccc(Cl)cc2)no1)N1CC=C(c2ccccc2)CC1. The van der Waals surface area contributed by atoms with E-state index < -0.39 is 0 Å². The summed E-state index contributed by atoms with van der Waals surface area (Å²) < 4.78 is 5.29. The number of aromatic nitrogens is 2. The minimum Gasteiger partial charge on any atom is -0.339 e. The molecule has 1 aliphatic heterocycles. The van der Waals surface area contributed by atoms with Crippen LogP contribution in [0.4, 0.5) is 0 Å². The van der Waals surface area contributed by atoms with Gasteiger partial charge < -0.3 is 9.42 Å². The number of benzene rings is 2. The average Bonchev–Trinajstić information content (AvgIpc) is 3.22. The summed E-state index contributed by atoms with van der Waals surface area (Å²) in [6.07, 6.45) is 3.81. The van der Waals surface area contributed by atoms with Gasteiger partial charge in [0, 0.05) is 36.5 Å². The maximum atomic E-state index is 12.5. The van der Waals surface area contributed by atoms with Crippen LogP contribution >= 0.6 is 11.6 Å². The Kier molecular flexibility index (Phi) is 5.53. The van der Waals surface area contributed by atoms with Crippen LogP contribution in [0.2, 0.25) is 5.02 Å². The molecule has 0 fully saturated rings. The highest BCUT2D eigenvalue weighted by Crippen LogP contribution is 2.23. The maximum absolute atomic E-state index is 12.5. The molecule has 0 bridgehead atoms. The third-order valence-electron chi connectivity index (χ3n) is 4.83. The van der Waals surface area contributed by atoms with Crippen molar-refractivity contribution in [1.29, 1.82) is 0 Å². The number of aryl methyl sites for hydroxylation is 1. The van der Waals surface area contributed by atoms with Crippen molar-refractivity contribution in [1.82, 2.24) is 15.0 Å². The summed E-state index contributed by atoms with van der Waals surface area (Å²) in [6.45, 7) is 1.38. The van der Waals surface area contributed by atoms with E-state index in [9.17, 15) is 4.79 Å². The van der Waals surface area contributed by atoms with Crippen LogP contribution in [0.25, 0.3) is 17.0 Å². The summed E-state index contributed by atoms with van der Waals surface area (Å²) in [6, 6.07) is 17.5. The first-order valence-corrected chi connectivity index (χ1v) is 9.67. The zero-order chi connectivity index (χ0) is 19.3. The smallest absolute Gasteiger partial charge is 0.227 e. The molecule has 1 amide bonds. The lowest BCUT2D eigenvalue weighted by molar-refractivity contribution is -0.130. The molecule has 0 N–H and O–H groups in total. The Morgan fingerprint density at radius 3 is 2.57 bits per heavy atom. The predicted octanol–water partition coefficient (Wildman–Crippen LogP) is 4.64. The molecule has 0 atom stereocenters. The third-order valence-corrected chi connectivity index (χ3v) is 5.08. The molecule has 28 heavy (non-hydrogen) atoms. The van der Waals surface area contributed by atoms with E-state index in [1.165, 1.54) is 11.1 Å². The normalized spacial score (nSPS) is 14.0. The molecular weight excluding hydrogens is 374 g/mol. The highest BCUT2D eigenvalue weighted by molar-refractivity contribution is 6.30. The van der Waals surface area contributed by atoms with Crippen LogP contribution < -0.4 is 0 Å². The van der Waals surface area contributed by atoms with Crippen LogP contribution in [0.5, 0.6) is 0 Å². The predicted molar refractivity (Wildman–Crippen MR) is 109 cm³/mol. The lowest BCUT2D eigenvalue weighted by Crippen LogP contribution is -2.34. The van der Waals surface area contributed by atoms with Gasteiger partial charge in [0.15, 0.2) is 0 Å². The summed E-state index contributed by atoms with van der Waals surface area (Å²) in [4.78, 5) is 18.8. The van der Waals surface area contributed by atoms with E-state index in [-0.39, 0.29) is 5.91 Å². The minimum atomic E-state index is 0.106. The minimum absolute atomic E-state index is 0.106. The molecule has 0 saturated carbocycles. The molecule has 6 heteroatoms. The number of halogens is 1. The first-order valence-electron chi connectivity index (χ1n) is 9.30. The van der Waals surface area contributed by atoms with Gasteiger partial charge in [0.2, 0.25) is 17.6 Å². The fraction of sp³-hybridized carbons (Fsp3) is 0.227. The van der Waals surface area contributed by atoms with Crippen molar-refractivity contribution in [3.05, 3.63) is 77.2 Å². The number of hydrogen-bond donors (Lipinski definition) is 0. The van der Waals surface area contributed by atoms with Gasteiger partial charge in [0.05, 0.1) is 0 Å². The van der Waals surface area contributed by atoms with E-state index in [4.69, 9.17) is 16.1 Å². The largest absolute Gasteiger partial charge is 0.339 e. The second-order valence-electron chi connectivity index (χ2n) is 6.70. The van der Waals surface area contributed by atoms with Gasteiger partial charge in [-0.2, -0.15) is 4.98 Å². The molecule has 0 saturated heterocycles. The molecule has 0 unspecified atom stereocenters.